The first kappa shape index (κ1) is 50.0. The molecule has 3 aliphatic rings. The zero-order valence-electron chi connectivity index (χ0n) is 39.7. The van der Waals surface area contributed by atoms with E-state index in [9.17, 15) is 37.1 Å². The maximum absolute atomic E-state index is 14.6. The van der Waals surface area contributed by atoms with Gasteiger partial charge in [-0.1, -0.05) is 40.3 Å². The number of hydrogen-bond acceptors (Lipinski definition) is 11. The Morgan fingerprint density at radius 2 is 1.88 bits per heavy atom. The fraction of sp³-hybridized carbons (Fsp3) is 0.521. The number of cyclic esters (lactones) is 1. The molecule has 0 spiro atoms. The summed E-state index contributed by atoms with van der Waals surface area (Å²) < 4.78 is 56.8. The number of ether oxygens (including phenoxy) is 2. The van der Waals surface area contributed by atoms with Gasteiger partial charge in [0.05, 0.1) is 40.8 Å². The predicted molar refractivity (Wildman–Crippen MR) is 250 cm³/mol. The Morgan fingerprint density at radius 1 is 1.15 bits per heavy atom. The molecule has 6 heterocycles. The van der Waals surface area contributed by atoms with E-state index in [1.807, 2.05) is 19.9 Å². The van der Waals surface area contributed by atoms with Gasteiger partial charge in [-0.15, -0.1) is 11.3 Å². The van der Waals surface area contributed by atoms with E-state index < -0.39 is 72.1 Å². The van der Waals surface area contributed by atoms with E-state index in [1.165, 1.54) is 50.9 Å². The third kappa shape index (κ3) is 10.6. The fourth-order valence-corrected chi connectivity index (χ4v) is 10.1. The number of fused-ring (bicyclic) bond motifs is 6. The highest BCUT2D eigenvalue weighted by molar-refractivity contribution is 7.10. The van der Waals surface area contributed by atoms with Crippen molar-refractivity contribution in [1.82, 2.24) is 45.0 Å². The summed E-state index contributed by atoms with van der Waals surface area (Å²) >= 11 is 1.26. The molecule has 0 aliphatic carbocycles. The molecule has 366 valence electrons. The van der Waals surface area contributed by atoms with Crippen LogP contribution < -0.4 is 10.7 Å². The number of benzene rings is 1. The summed E-state index contributed by atoms with van der Waals surface area (Å²) in [7, 11) is 4.65. The third-order valence-corrected chi connectivity index (χ3v) is 13.9. The summed E-state index contributed by atoms with van der Waals surface area (Å²) in [5.41, 5.74) is 5.55. The summed E-state index contributed by atoms with van der Waals surface area (Å²) in [5.74, 6) is -2.34. The number of aromatic nitrogens is 3. The number of amides is 5. The maximum atomic E-state index is 14.6. The molecule has 16 nitrogen and oxygen atoms in total. The number of hydrazine groups is 1. The Bertz CT molecular complexity index is 2570. The van der Waals surface area contributed by atoms with Crippen molar-refractivity contribution in [1.29, 1.82) is 0 Å². The Morgan fingerprint density at radius 3 is 2.56 bits per heavy atom. The quantitative estimate of drug-likeness (QED) is 0.139. The molecular formula is C48H60F3N9O7S. The Balaban J connectivity index is 1.28. The monoisotopic (exact) mass is 963 g/mol. The number of rotatable bonds is 10. The molecule has 3 aliphatic heterocycles. The zero-order chi connectivity index (χ0) is 49.4. The van der Waals surface area contributed by atoms with Gasteiger partial charge < -0.3 is 34.1 Å². The molecule has 0 radical (unpaired) electrons. The van der Waals surface area contributed by atoms with Crippen LogP contribution in [-0.2, 0) is 48.0 Å². The van der Waals surface area contributed by atoms with Crippen LogP contribution in [0, 0.1) is 11.3 Å². The van der Waals surface area contributed by atoms with Crippen LogP contribution in [0.1, 0.15) is 69.8 Å². The topological polar surface area (TPSA) is 172 Å². The lowest BCUT2D eigenvalue weighted by molar-refractivity contribution is -0.155. The van der Waals surface area contributed by atoms with Crippen LogP contribution in [0.2, 0.25) is 0 Å². The number of urea groups is 1. The molecule has 0 saturated carbocycles. The summed E-state index contributed by atoms with van der Waals surface area (Å²) in [6.45, 7) is 12.1. The lowest BCUT2D eigenvalue weighted by Crippen LogP contribution is -2.65. The number of likely N-dealkylation sites (N-methyl/N-ethyl adjacent to an activating group) is 2. The van der Waals surface area contributed by atoms with Gasteiger partial charge in [-0.25, -0.2) is 15.2 Å². The lowest BCUT2D eigenvalue weighted by atomic mass is 9.84. The first-order valence-corrected chi connectivity index (χ1v) is 23.6. The van der Waals surface area contributed by atoms with Crippen molar-refractivity contribution in [3.63, 3.8) is 0 Å². The van der Waals surface area contributed by atoms with Crippen molar-refractivity contribution in [3.05, 3.63) is 70.8 Å². The maximum Gasteiger partial charge on any atom is 0.406 e. The number of esters is 1. The number of carbonyl (C=O) groups is 5. The molecule has 6 bridgehead atoms. The number of nitrogens with zero attached hydrogens (tertiary/aromatic N) is 7. The minimum atomic E-state index is -4.60. The molecule has 5 amide bonds. The third-order valence-electron chi connectivity index (χ3n) is 13.0. The van der Waals surface area contributed by atoms with E-state index in [0.29, 0.717) is 75.6 Å². The standard InChI is InChI=1S/C48H60F3N9O7S/c1-10-39(61)58-22-30(23-58)56(7)46(65)57(8)41(27(2)3)43(62)54-35-20-38-53-36(24-68-38)29-15-16-37-32(19-29)33(21-47(5,6)26-67-45(64)34-14-12-18-60(55-34)44(35)63)42(59(37)25-48(49,50)51)31-13-11-17-52-40(31)28(4)66-9/h10-11,13,15-17,19,24,27-28,30,34-35,41,55H,1,12,14,18,20-23,25-26H2,2-9H3,(H,54,62)/t28-,34-,35-,41-/m0/s1. The van der Waals surface area contributed by atoms with Gasteiger partial charge in [-0.3, -0.25) is 29.2 Å². The number of carbonyl (C=O) groups excluding carboxylic acids is 5. The van der Waals surface area contributed by atoms with Gasteiger partial charge >= 0.3 is 18.2 Å². The molecule has 2 fully saturated rings. The number of thiazole rings is 1. The number of nitrogens with one attached hydrogen (secondary N) is 2. The second kappa shape index (κ2) is 20.0. The molecule has 2 N–H and O–H groups in total. The first-order valence-electron chi connectivity index (χ1n) is 22.7. The Kier molecular flexibility index (Phi) is 14.7. The molecule has 20 heteroatoms. The summed E-state index contributed by atoms with van der Waals surface area (Å²) in [6, 6.07) is 4.77. The number of pyridine rings is 1. The zero-order valence-corrected chi connectivity index (χ0v) is 40.5. The van der Waals surface area contributed by atoms with Gasteiger partial charge in [0, 0.05) is 86.3 Å². The second-order valence-electron chi connectivity index (χ2n) is 19.0. The van der Waals surface area contributed by atoms with E-state index in [-0.39, 0.29) is 37.9 Å². The molecule has 2 saturated heterocycles. The molecule has 0 unspecified atom stereocenters. The van der Waals surface area contributed by atoms with Crippen LogP contribution in [0.25, 0.3) is 33.4 Å². The highest BCUT2D eigenvalue weighted by Crippen LogP contribution is 2.43. The van der Waals surface area contributed by atoms with Crippen LogP contribution in [-0.4, -0.2) is 142 Å². The second-order valence-corrected chi connectivity index (χ2v) is 20.0. The van der Waals surface area contributed by atoms with Crippen LogP contribution >= 0.6 is 11.3 Å². The predicted octanol–water partition coefficient (Wildman–Crippen LogP) is 6.15. The average Bonchev–Trinajstić information content (AvgIpc) is 3.86. The number of likely N-dealkylation sites (tertiary alicyclic amines) is 1. The lowest BCUT2D eigenvalue weighted by Gasteiger charge is -2.45. The molecule has 4 aromatic rings. The first-order chi connectivity index (χ1) is 32.1. The van der Waals surface area contributed by atoms with Gasteiger partial charge in [0.25, 0.3) is 5.91 Å². The Hall–Kier alpha value is -5.86. The number of methoxy groups -OCH3 is 1. The van der Waals surface area contributed by atoms with Crippen LogP contribution in [0.15, 0.2) is 54.6 Å². The van der Waals surface area contributed by atoms with Crippen molar-refractivity contribution in [2.75, 3.05) is 47.4 Å². The fourth-order valence-electron chi connectivity index (χ4n) is 9.30. The number of alkyl halides is 3. The van der Waals surface area contributed by atoms with Crippen molar-refractivity contribution >= 4 is 52.0 Å². The van der Waals surface area contributed by atoms with Crippen LogP contribution in [0.3, 0.4) is 0 Å². The van der Waals surface area contributed by atoms with Crippen LogP contribution in [0.4, 0.5) is 18.0 Å². The van der Waals surface area contributed by atoms with Crippen molar-refractivity contribution < 1.29 is 46.6 Å². The van der Waals surface area contributed by atoms with E-state index in [0.717, 1.165) is 0 Å². The largest absolute Gasteiger partial charge is 0.464 e. The van der Waals surface area contributed by atoms with E-state index in [4.69, 9.17) is 14.5 Å². The average molecular weight is 964 g/mol. The van der Waals surface area contributed by atoms with Crippen LogP contribution in [0.5, 0.6) is 0 Å². The van der Waals surface area contributed by atoms with E-state index in [2.05, 4.69) is 22.3 Å². The van der Waals surface area contributed by atoms with Crippen molar-refractivity contribution in [2.45, 2.75) is 103 Å². The normalized spacial score (nSPS) is 20.0. The van der Waals surface area contributed by atoms with E-state index in [1.54, 1.807) is 68.6 Å². The van der Waals surface area contributed by atoms with Gasteiger partial charge in [0.1, 0.15) is 24.7 Å². The molecule has 68 heavy (non-hydrogen) atoms. The van der Waals surface area contributed by atoms with Crippen molar-refractivity contribution in [3.8, 4) is 22.5 Å². The number of halogens is 3. The minimum Gasteiger partial charge on any atom is -0.464 e. The molecule has 4 atom stereocenters. The van der Waals surface area contributed by atoms with Gasteiger partial charge in [-0.2, -0.15) is 13.2 Å². The summed E-state index contributed by atoms with van der Waals surface area (Å²) in [5, 5.41) is 7.08. The molecule has 3 aromatic heterocycles. The summed E-state index contributed by atoms with van der Waals surface area (Å²) in [6.07, 6.45) is -1.43. The summed E-state index contributed by atoms with van der Waals surface area (Å²) in [4.78, 5) is 82.7. The van der Waals surface area contributed by atoms with Gasteiger partial charge in [0.2, 0.25) is 11.8 Å². The van der Waals surface area contributed by atoms with Gasteiger partial charge in [0.15, 0.2) is 0 Å². The number of hydrogen-bond donors (Lipinski definition) is 2. The highest BCUT2D eigenvalue weighted by atomic mass is 32.1. The SMILES string of the molecule is C=CC(=O)N1CC(N(C)C(=O)N(C)[C@H](C(=O)N[C@H]2Cc3nc(cs3)-c3ccc4c(c3)c(c(-c3cccnc3[C@H](C)OC)n4CC(F)(F)F)CC(C)(C)COC(=O)[C@@H]3CCCN(N3)C2=O)C(C)C)C1. The minimum absolute atomic E-state index is 0.0601. The Labute approximate surface area is 397 Å². The molecule has 7 rings (SSSR count). The molecule has 1 aromatic carbocycles. The van der Waals surface area contributed by atoms with Gasteiger partial charge in [-0.05, 0) is 68.0 Å². The smallest absolute Gasteiger partial charge is 0.406 e. The van der Waals surface area contributed by atoms with E-state index >= 15 is 0 Å². The van der Waals surface area contributed by atoms with Crippen molar-refractivity contribution in [2.24, 2.45) is 11.3 Å². The highest BCUT2D eigenvalue weighted by Gasteiger charge is 2.41. The molecular weight excluding hydrogens is 904 g/mol.